The van der Waals surface area contributed by atoms with Gasteiger partial charge in [0.2, 0.25) is 0 Å². The highest BCUT2D eigenvalue weighted by Crippen LogP contribution is 2.19. The summed E-state index contributed by atoms with van der Waals surface area (Å²) in [5.41, 5.74) is 0. The number of ether oxygens (including phenoxy) is 1. The first-order valence-corrected chi connectivity index (χ1v) is 5.69. The van der Waals surface area contributed by atoms with Gasteiger partial charge in [-0.15, -0.1) is 0 Å². The zero-order valence-corrected chi connectivity index (χ0v) is 9.61. The molecule has 4 heteroatoms. The minimum atomic E-state index is -0.724. The highest BCUT2D eigenvalue weighted by Gasteiger charge is 2.25. The molecule has 1 saturated heterocycles. The number of carbonyl (C=O) groups is 1. The summed E-state index contributed by atoms with van der Waals surface area (Å²) < 4.78 is 5.38. The Balaban J connectivity index is 2.26. The molecule has 4 nitrogen and oxygen atoms in total. The summed E-state index contributed by atoms with van der Waals surface area (Å²) in [6.45, 7) is 7.11. The summed E-state index contributed by atoms with van der Waals surface area (Å²) in [7, 11) is 0. The molecular weight excluding hydrogens is 194 g/mol. The van der Waals surface area contributed by atoms with Gasteiger partial charge >= 0.3 is 5.97 Å². The molecule has 1 fully saturated rings. The third kappa shape index (κ3) is 3.80. The first-order valence-electron chi connectivity index (χ1n) is 5.69. The average Bonchev–Trinajstić information content (AvgIpc) is 2.26. The average molecular weight is 215 g/mol. The molecule has 1 aliphatic rings. The van der Waals surface area contributed by atoms with Crippen LogP contribution >= 0.6 is 0 Å². The van der Waals surface area contributed by atoms with Crippen LogP contribution in [0.1, 0.15) is 26.7 Å². The van der Waals surface area contributed by atoms with Gasteiger partial charge in [-0.25, -0.2) is 0 Å². The summed E-state index contributed by atoms with van der Waals surface area (Å²) in [5.74, 6) is -0.111. The third-order valence-corrected chi connectivity index (χ3v) is 3.11. The lowest BCUT2D eigenvalue weighted by atomic mass is 9.97. The number of aliphatic carboxylic acids is 1. The van der Waals surface area contributed by atoms with E-state index in [1.165, 1.54) is 0 Å². The summed E-state index contributed by atoms with van der Waals surface area (Å²) in [5, 5.41) is 8.88. The predicted molar refractivity (Wildman–Crippen MR) is 57.9 cm³/mol. The summed E-state index contributed by atoms with van der Waals surface area (Å²) in [4.78, 5) is 12.8. The fourth-order valence-corrected chi connectivity index (χ4v) is 1.95. The molecule has 0 saturated carbocycles. The molecule has 0 aromatic carbocycles. The predicted octanol–water partition coefficient (Wildman–Crippen LogP) is 1.21. The number of hydrogen-bond acceptors (Lipinski definition) is 3. The van der Waals surface area contributed by atoms with Gasteiger partial charge in [-0.1, -0.05) is 0 Å². The molecule has 1 unspecified atom stereocenters. The fraction of sp³-hybridized carbons (Fsp3) is 0.909. The van der Waals surface area contributed by atoms with Crippen molar-refractivity contribution in [1.82, 2.24) is 4.90 Å². The highest BCUT2D eigenvalue weighted by atomic mass is 16.5. The van der Waals surface area contributed by atoms with E-state index >= 15 is 0 Å². The Hall–Kier alpha value is -0.610. The summed E-state index contributed by atoms with van der Waals surface area (Å²) in [6, 6.07) is -0.349. The summed E-state index contributed by atoms with van der Waals surface area (Å²) >= 11 is 0. The molecule has 1 atom stereocenters. The van der Waals surface area contributed by atoms with E-state index in [4.69, 9.17) is 9.84 Å². The van der Waals surface area contributed by atoms with Gasteiger partial charge < -0.3 is 9.84 Å². The molecule has 1 rings (SSSR count). The van der Waals surface area contributed by atoms with E-state index in [0.29, 0.717) is 5.92 Å². The van der Waals surface area contributed by atoms with Crippen molar-refractivity contribution in [2.75, 3.05) is 26.3 Å². The monoisotopic (exact) mass is 215 g/mol. The first-order chi connectivity index (χ1) is 7.15. The molecule has 1 N–H and O–H groups in total. The van der Waals surface area contributed by atoms with Gasteiger partial charge in [0.05, 0.1) is 0 Å². The Morgan fingerprint density at radius 1 is 1.53 bits per heavy atom. The molecule has 0 aliphatic carbocycles. The quantitative estimate of drug-likeness (QED) is 0.749. The van der Waals surface area contributed by atoms with Crippen molar-refractivity contribution in [3.05, 3.63) is 0 Å². The van der Waals surface area contributed by atoms with Crippen molar-refractivity contribution in [3.63, 3.8) is 0 Å². The van der Waals surface area contributed by atoms with Crippen LogP contribution in [0.4, 0.5) is 0 Å². The lowest BCUT2D eigenvalue weighted by Gasteiger charge is -2.34. The van der Waals surface area contributed by atoms with E-state index in [2.05, 4.69) is 0 Å². The molecule has 0 amide bonds. The number of piperidine rings is 1. The zero-order valence-electron chi connectivity index (χ0n) is 9.61. The second kappa shape index (κ2) is 6.08. The molecule has 0 bridgehead atoms. The van der Waals surface area contributed by atoms with Crippen molar-refractivity contribution in [2.24, 2.45) is 5.92 Å². The molecule has 0 aromatic heterocycles. The van der Waals surface area contributed by atoms with Gasteiger partial charge in [-0.05, 0) is 45.7 Å². The molecular formula is C11H21NO3. The zero-order chi connectivity index (χ0) is 11.3. The number of carboxylic acids is 1. The lowest BCUT2D eigenvalue weighted by Crippen LogP contribution is -2.44. The minimum Gasteiger partial charge on any atom is -0.480 e. The van der Waals surface area contributed by atoms with Crippen molar-refractivity contribution < 1.29 is 14.6 Å². The highest BCUT2D eigenvalue weighted by molar-refractivity contribution is 5.72. The van der Waals surface area contributed by atoms with Crippen LogP contribution in [-0.2, 0) is 9.53 Å². The van der Waals surface area contributed by atoms with Crippen LogP contribution in [0.25, 0.3) is 0 Å². The van der Waals surface area contributed by atoms with E-state index in [9.17, 15) is 4.79 Å². The standard InChI is InChI=1S/C11H21NO3/c1-3-15-8-10-4-6-12(7-5-10)9(2)11(13)14/h9-10H,3-8H2,1-2H3,(H,13,14). The van der Waals surface area contributed by atoms with Gasteiger partial charge in [0, 0.05) is 13.2 Å². The van der Waals surface area contributed by atoms with Crippen LogP contribution in [0.2, 0.25) is 0 Å². The fourth-order valence-electron chi connectivity index (χ4n) is 1.95. The number of nitrogens with zero attached hydrogens (tertiary/aromatic N) is 1. The minimum absolute atomic E-state index is 0.349. The molecule has 0 aromatic rings. The molecule has 15 heavy (non-hydrogen) atoms. The van der Waals surface area contributed by atoms with E-state index in [1.807, 2.05) is 11.8 Å². The van der Waals surface area contributed by atoms with Crippen LogP contribution in [0.15, 0.2) is 0 Å². The second-order valence-electron chi connectivity index (χ2n) is 4.15. The molecule has 0 radical (unpaired) electrons. The number of likely N-dealkylation sites (tertiary alicyclic amines) is 1. The lowest BCUT2D eigenvalue weighted by molar-refractivity contribution is -0.143. The number of rotatable bonds is 5. The van der Waals surface area contributed by atoms with Crippen molar-refractivity contribution >= 4 is 5.97 Å². The van der Waals surface area contributed by atoms with Crippen molar-refractivity contribution in [1.29, 1.82) is 0 Å². The van der Waals surface area contributed by atoms with E-state index < -0.39 is 5.97 Å². The van der Waals surface area contributed by atoms with Gasteiger partial charge in [-0.3, -0.25) is 9.69 Å². The molecule has 0 spiro atoms. The maximum absolute atomic E-state index is 10.8. The van der Waals surface area contributed by atoms with Crippen LogP contribution < -0.4 is 0 Å². The van der Waals surface area contributed by atoms with Gasteiger partial charge in [0.15, 0.2) is 0 Å². The van der Waals surface area contributed by atoms with Gasteiger partial charge in [0.1, 0.15) is 6.04 Å². The first kappa shape index (κ1) is 12.5. The Bertz CT molecular complexity index is 200. The van der Waals surface area contributed by atoms with Crippen LogP contribution in [-0.4, -0.2) is 48.3 Å². The van der Waals surface area contributed by atoms with Crippen molar-refractivity contribution in [3.8, 4) is 0 Å². The van der Waals surface area contributed by atoms with Crippen LogP contribution in [0.5, 0.6) is 0 Å². The molecule has 1 heterocycles. The maximum atomic E-state index is 10.8. The smallest absolute Gasteiger partial charge is 0.320 e. The maximum Gasteiger partial charge on any atom is 0.320 e. The second-order valence-corrected chi connectivity index (χ2v) is 4.15. The largest absolute Gasteiger partial charge is 0.480 e. The van der Waals surface area contributed by atoms with E-state index in [-0.39, 0.29) is 6.04 Å². The number of carboxylic acid groups (broad SMARTS) is 1. The molecule has 88 valence electrons. The Kier molecular flexibility index (Phi) is 5.05. The topological polar surface area (TPSA) is 49.8 Å². The van der Waals surface area contributed by atoms with E-state index in [1.54, 1.807) is 6.92 Å². The van der Waals surface area contributed by atoms with Crippen molar-refractivity contribution in [2.45, 2.75) is 32.7 Å². The molecule has 1 aliphatic heterocycles. The normalized spacial score (nSPS) is 21.5. The third-order valence-electron chi connectivity index (χ3n) is 3.11. The van der Waals surface area contributed by atoms with Crippen LogP contribution in [0.3, 0.4) is 0 Å². The SMILES string of the molecule is CCOCC1CCN(C(C)C(=O)O)CC1. The summed E-state index contributed by atoms with van der Waals surface area (Å²) in [6.07, 6.45) is 2.11. The Labute approximate surface area is 91.2 Å². The number of hydrogen-bond donors (Lipinski definition) is 1. The Morgan fingerprint density at radius 2 is 2.13 bits per heavy atom. The Morgan fingerprint density at radius 3 is 2.60 bits per heavy atom. The van der Waals surface area contributed by atoms with Gasteiger partial charge in [-0.2, -0.15) is 0 Å². The van der Waals surface area contributed by atoms with E-state index in [0.717, 1.165) is 39.1 Å². The van der Waals surface area contributed by atoms with Crippen LogP contribution in [0, 0.1) is 5.92 Å². The van der Waals surface area contributed by atoms with Gasteiger partial charge in [0.25, 0.3) is 0 Å².